The van der Waals surface area contributed by atoms with E-state index in [4.69, 9.17) is 4.52 Å². The second-order valence-electron chi connectivity index (χ2n) is 7.14. The first-order chi connectivity index (χ1) is 14.0. The van der Waals surface area contributed by atoms with Crippen LogP contribution in [0.5, 0.6) is 0 Å². The number of carbonyl (C=O) groups is 1. The molecule has 1 aromatic carbocycles. The van der Waals surface area contributed by atoms with Crippen molar-refractivity contribution in [3.05, 3.63) is 64.2 Å². The fourth-order valence-electron chi connectivity index (χ4n) is 3.53. The van der Waals surface area contributed by atoms with Crippen LogP contribution in [-0.4, -0.2) is 43.8 Å². The Hall–Kier alpha value is -3.36. The number of likely N-dealkylation sites (tertiary alicyclic amines) is 1. The molecule has 0 aliphatic carbocycles. The van der Waals surface area contributed by atoms with E-state index in [1.54, 1.807) is 23.1 Å². The van der Waals surface area contributed by atoms with Crippen LogP contribution in [-0.2, 0) is 13.5 Å². The Kier molecular flexibility index (Phi) is 5.20. The number of nitrogens with zero attached hydrogens (tertiary/aromatic N) is 5. The predicted octanol–water partition coefficient (Wildman–Crippen LogP) is 2.06. The van der Waals surface area contributed by atoms with Gasteiger partial charge in [-0.25, -0.2) is 9.07 Å². The minimum Gasteiger partial charge on any atom is -0.339 e. The molecule has 0 radical (unpaired) electrons. The van der Waals surface area contributed by atoms with E-state index in [9.17, 15) is 14.0 Å². The van der Waals surface area contributed by atoms with Gasteiger partial charge in [-0.3, -0.25) is 9.59 Å². The summed E-state index contributed by atoms with van der Waals surface area (Å²) in [7, 11) is 1.51. The molecule has 1 amide bonds. The molecule has 1 fully saturated rings. The van der Waals surface area contributed by atoms with Gasteiger partial charge in [0, 0.05) is 32.6 Å². The Morgan fingerprint density at radius 1 is 1.28 bits per heavy atom. The molecule has 150 valence electrons. The topological polar surface area (TPSA) is 94.1 Å². The molecule has 29 heavy (non-hydrogen) atoms. The average molecular weight is 397 g/mol. The maximum atomic E-state index is 13.9. The van der Waals surface area contributed by atoms with Crippen molar-refractivity contribution in [3.63, 3.8) is 0 Å². The highest BCUT2D eigenvalue weighted by atomic mass is 19.1. The van der Waals surface area contributed by atoms with Gasteiger partial charge in [-0.15, -0.1) is 0 Å². The normalized spacial score (nSPS) is 16.8. The highest BCUT2D eigenvalue weighted by Crippen LogP contribution is 2.24. The SMILES string of the molecule is Cn1nc(C(=O)N2CCCC(Cc3nc(-c4ccccc4F)no3)C2)ccc1=O. The van der Waals surface area contributed by atoms with Gasteiger partial charge < -0.3 is 9.42 Å². The zero-order chi connectivity index (χ0) is 20.4. The van der Waals surface area contributed by atoms with E-state index < -0.39 is 5.82 Å². The number of rotatable bonds is 4. The highest BCUT2D eigenvalue weighted by Gasteiger charge is 2.27. The van der Waals surface area contributed by atoms with Crippen LogP contribution >= 0.6 is 0 Å². The first-order valence-corrected chi connectivity index (χ1v) is 9.42. The lowest BCUT2D eigenvalue weighted by molar-refractivity contribution is 0.0659. The van der Waals surface area contributed by atoms with E-state index in [0.29, 0.717) is 31.0 Å². The highest BCUT2D eigenvalue weighted by molar-refractivity contribution is 5.92. The fraction of sp³-hybridized carbons (Fsp3) is 0.350. The van der Waals surface area contributed by atoms with Gasteiger partial charge in [0.25, 0.3) is 11.5 Å². The number of hydrogen-bond acceptors (Lipinski definition) is 6. The zero-order valence-corrected chi connectivity index (χ0v) is 15.9. The summed E-state index contributed by atoms with van der Waals surface area (Å²) in [4.78, 5) is 30.3. The monoisotopic (exact) mass is 397 g/mol. The van der Waals surface area contributed by atoms with Crippen molar-refractivity contribution < 1.29 is 13.7 Å². The summed E-state index contributed by atoms with van der Waals surface area (Å²) in [6.07, 6.45) is 2.27. The fourth-order valence-corrected chi connectivity index (χ4v) is 3.53. The summed E-state index contributed by atoms with van der Waals surface area (Å²) in [5, 5.41) is 7.92. The largest absolute Gasteiger partial charge is 0.339 e. The number of aryl methyl sites for hydroxylation is 1. The van der Waals surface area contributed by atoms with Crippen molar-refractivity contribution in [2.75, 3.05) is 13.1 Å². The molecule has 0 saturated carbocycles. The molecule has 1 atom stereocenters. The van der Waals surface area contributed by atoms with Crippen molar-refractivity contribution in [2.45, 2.75) is 19.3 Å². The third-order valence-electron chi connectivity index (χ3n) is 5.03. The Labute approximate surface area is 166 Å². The van der Waals surface area contributed by atoms with E-state index in [1.807, 2.05) is 0 Å². The van der Waals surface area contributed by atoms with Gasteiger partial charge in [0.15, 0.2) is 0 Å². The van der Waals surface area contributed by atoms with Crippen LogP contribution in [0.25, 0.3) is 11.4 Å². The van der Waals surface area contributed by atoms with Crippen molar-refractivity contribution in [1.82, 2.24) is 24.8 Å². The van der Waals surface area contributed by atoms with Gasteiger partial charge in [0.1, 0.15) is 11.5 Å². The maximum absolute atomic E-state index is 13.9. The summed E-state index contributed by atoms with van der Waals surface area (Å²) in [5.41, 5.74) is 0.274. The first kappa shape index (κ1) is 19.0. The number of halogens is 1. The molecular weight excluding hydrogens is 377 g/mol. The third-order valence-corrected chi connectivity index (χ3v) is 5.03. The molecule has 0 bridgehead atoms. The molecule has 1 unspecified atom stereocenters. The smallest absolute Gasteiger partial charge is 0.274 e. The Bertz CT molecular complexity index is 1090. The number of carbonyl (C=O) groups excluding carboxylic acids is 1. The predicted molar refractivity (Wildman–Crippen MR) is 102 cm³/mol. The zero-order valence-electron chi connectivity index (χ0n) is 15.9. The van der Waals surface area contributed by atoms with Gasteiger partial charge in [-0.2, -0.15) is 10.1 Å². The van der Waals surface area contributed by atoms with Crippen LogP contribution < -0.4 is 5.56 Å². The molecule has 9 heteroatoms. The van der Waals surface area contributed by atoms with Gasteiger partial charge in [0.05, 0.1) is 5.56 Å². The molecule has 8 nitrogen and oxygen atoms in total. The summed E-state index contributed by atoms with van der Waals surface area (Å²) < 4.78 is 20.4. The molecule has 0 spiro atoms. The van der Waals surface area contributed by atoms with Gasteiger partial charge in [0.2, 0.25) is 11.7 Å². The van der Waals surface area contributed by atoms with Crippen LogP contribution in [0.2, 0.25) is 0 Å². The lowest BCUT2D eigenvalue weighted by Gasteiger charge is -2.32. The summed E-state index contributed by atoms with van der Waals surface area (Å²) in [5.74, 6) is 0.176. The van der Waals surface area contributed by atoms with Gasteiger partial charge >= 0.3 is 0 Å². The second-order valence-corrected chi connectivity index (χ2v) is 7.14. The van der Waals surface area contributed by atoms with Crippen LogP contribution in [0.1, 0.15) is 29.2 Å². The van der Waals surface area contributed by atoms with Crippen molar-refractivity contribution >= 4 is 5.91 Å². The standard InChI is InChI=1S/C20H20FN5O3/c1-25-18(27)9-8-16(23-25)20(28)26-10-4-5-13(12-26)11-17-22-19(24-29-17)14-6-2-3-7-15(14)21/h2-3,6-9,13H,4-5,10-12H2,1H3. The van der Waals surface area contributed by atoms with Gasteiger partial charge in [-0.1, -0.05) is 17.3 Å². The molecule has 1 saturated heterocycles. The summed E-state index contributed by atoms with van der Waals surface area (Å²) >= 11 is 0. The van der Waals surface area contributed by atoms with E-state index >= 15 is 0 Å². The number of hydrogen-bond donors (Lipinski definition) is 0. The molecular formula is C20H20FN5O3. The maximum Gasteiger partial charge on any atom is 0.274 e. The van der Waals surface area contributed by atoms with Crippen LogP contribution in [0.4, 0.5) is 4.39 Å². The van der Waals surface area contributed by atoms with E-state index in [0.717, 1.165) is 17.5 Å². The number of piperidine rings is 1. The second kappa shape index (κ2) is 7.94. The lowest BCUT2D eigenvalue weighted by Crippen LogP contribution is -2.41. The Balaban J connectivity index is 1.44. The number of aromatic nitrogens is 4. The molecule has 4 rings (SSSR count). The van der Waals surface area contributed by atoms with Crippen molar-refractivity contribution in [1.29, 1.82) is 0 Å². The number of amides is 1. The third kappa shape index (κ3) is 4.08. The average Bonchev–Trinajstić information content (AvgIpc) is 3.18. The molecule has 1 aliphatic rings. The quantitative estimate of drug-likeness (QED) is 0.669. The van der Waals surface area contributed by atoms with Crippen molar-refractivity contribution in [3.8, 4) is 11.4 Å². The minimum absolute atomic E-state index is 0.147. The Morgan fingerprint density at radius 3 is 2.90 bits per heavy atom. The Morgan fingerprint density at radius 2 is 2.10 bits per heavy atom. The number of benzene rings is 1. The summed E-state index contributed by atoms with van der Waals surface area (Å²) in [6, 6.07) is 9.06. The molecule has 2 aromatic heterocycles. The van der Waals surface area contributed by atoms with Crippen LogP contribution in [0, 0.1) is 11.7 Å². The van der Waals surface area contributed by atoms with Crippen molar-refractivity contribution in [2.24, 2.45) is 13.0 Å². The molecule has 3 heterocycles. The molecule has 1 aliphatic heterocycles. The van der Waals surface area contributed by atoms with E-state index in [-0.39, 0.29) is 28.9 Å². The summed E-state index contributed by atoms with van der Waals surface area (Å²) in [6.45, 7) is 1.16. The first-order valence-electron chi connectivity index (χ1n) is 9.42. The van der Waals surface area contributed by atoms with E-state index in [2.05, 4.69) is 15.2 Å². The van der Waals surface area contributed by atoms with Crippen LogP contribution in [0.15, 0.2) is 45.7 Å². The molecule has 3 aromatic rings. The molecule has 0 N–H and O–H groups in total. The van der Waals surface area contributed by atoms with Crippen LogP contribution in [0.3, 0.4) is 0 Å². The van der Waals surface area contributed by atoms with E-state index in [1.165, 1.54) is 25.2 Å². The lowest BCUT2D eigenvalue weighted by atomic mass is 9.94. The minimum atomic E-state index is -0.404. The van der Waals surface area contributed by atoms with Gasteiger partial charge in [-0.05, 0) is 37.0 Å².